The van der Waals surface area contributed by atoms with E-state index in [0.29, 0.717) is 11.6 Å². The van der Waals surface area contributed by atoms with E-state index in [2.05, 4.69) is 36.3 Å². The molecule has 1 saturated carbocycles. The Hall–Kier alpha value is -0.160. The predicted molar refractivity (Wildman–Crippen MR) is 75.0 cm³/mol. The molecule has 1 N–H and O–H groups in total. The molecule has 2 rings (SSSR count). The minimum Gasteiger partial charge on any atom is -0.379 e. The predicted octanol–water partition coefficient (Wildman–Crippen LogP) is 0.781. The van der Waals surface area contributed by atoms with E-state index in [0.717, 1.165) is 26.3 Å². The first-order chi connectivity index (χ1) is 8.62. The van der Waals surface area contributed by atoms with E-state index in [9.17, 15) is 0 Å². The van der Waals surface area contributed by atoms with Crippen LogP contribution >= 0.6 is 0 Å². The van der Waals surface area contributed by atoms with Crippen molar-refractivity contribution in [2.24, 2.45) is 0 Å². The van der Waals surface area contributed by atoms with Gasteiger partial charge in [0.15, 0.2) is 0 Å². The summed E-state index contributed by atoms with van der Waals surface area (Å²) in [6, 6.07) is 0.554. The van der Waals surface area contributed by atoms with Crippen molar-refractivity contribution in [3.63, 3.8) is 0 Å². The van der Waals surface area contributed by atoms with Crippen LogP contribution in [0.15, 0.2) is 0 Å². The van der Waals surface area contributed by atoms with Gasteiger partial charge in [-0.15, -0.1) is 0 Å². The molecule has 106 valence electrons. The maximum Gasteiger partial charge on any atom is 0.0620 e. The summed E-state index contributed by atoms with van der Waals surface area (Å²) < 4.78 is 5.50. The standard InChI is InChI=1S/C14H29N3O/c1-16(2)14(6-4-7-14)12-17(3)9-5-13-11-18-10-8-15-13/h13,15H,4-12H2,1-3H3. The zero-order valence-corrected chi connectivity index (χ0v) is 12.2. The summed E-state index contributed by atoms with van der Waals surface area (Å²) in [6.07, 6.45) is 5.30. The van der Waals surface area contributed by atoms with Gasteiger partial charge in [-0.1, -0.05) is 0 Å². The Bertz CT molecular complexity index is 247. The summed E-state index contributed by atoms with van der Waals surface area (Å²) >= 11 is 0. The number of nitrogens with one attached hydrogen (secondary N) is 1. The van der Waals surface area contributed by atoms with E-state index in [4.69, 9.17) is 4.74 Å². The summed E-state index contributed by atoms with van der Waals surface area (Å²) in [6.45, 7) is 5.13. The monoisotopic (exact) mass is 255 g/mol. The van der Waals surface area contributed by atoms with Gasteiger partial charge in [-0.3, -0.25) is 0 Å². The molecule has 4 heteroatoms. The molecule has 1 aliphatic heterocycles. The van der Waals surface area contributed by atoms with Crippen molar-refractivity contribution in [1.82, 2.24) is 15.1 Å². The van der Waals surface area contributed by atoms with E-state index < -0.39 is 0 Å². The van der Waals surface area contributed by atoms with Gasteiger partial charge in [0, 0.05) is 24.7 Å². The Kier molecular flexibility index (Phi) is 5.01. The second kappa shape index (κ2) is 6.33. The molecule has 2 fully saturated rings. The molecule has 18 heavy (non-hydrogen) atoms. The number of morpholine rings is 1. The fraction of sp³-hybridized carbons (Fsp3) is 1.00. The molecule has 1 unspecified atom stereocenters. The van der Waals surface area contributed by atoms with E-state index in [-0.39, 0.29) is 0 Å². The minimum atomic E-state index is 0.450. The van der Waals surface area contributed by atoms with Crippen LogP contribution in [0.5, 0.6) is 0 Å². The van der Waals surface area contributed by atoms with Crippen LogP contribution in [0.2, 0.25) is 0 Å². The quantitative estimate of drug-likeness (QED) is 0.759. The van der Waals surface area contributed by atoms with Gasteiger partial charge in [-0.05, 0) is 53.4 Å². The lowest BCUT2D eigenvalue weighted by Crippen LogP contribution is -2.57. The smallest absolute Gasteiger partial charge is 0.0620 e. The highest BCUT2D eigenvalue weighted by Gasteiger charge is 2.39. The van der Waals surface area contributed by atoms with Gasteiger partial charge in [0.25, 0.3) is 0 Å². The maximum absolute atomic E-state index is 5.50. The van der Waals surface area contributed by atoms with Crippen LogP contribution in [0.4, 0.5) is 0 Å². The van der Waals surface area contributed by atoms with Gasteiger partial charge in [-0.2, -0.15) is 0 Å². The van der Waals surface area contributed by atoms with Gasteiger partial charge < -0.3 is 19.9 Å². The van der Waals surface area contributed by atoms with Gasteiger partial charge in [0.2, 0.25) is 0 Å². The van der Waals surface area contributed by atoms with Crippen LogP contribution in [0.3, 0.4) is 0 Å². The largest absolute Gasteiger partial charge is 0.379 e. The van der Waals surface area contributed by atoms with Crippen molar-refractivity contribution >= 4 is 0 Å². The number of hydrogen-bond donors (Lipinski definition) is 1. The van der Waals surface area contributed by atoms with Crippen molar-refractivity contribution < 1.29 is 4.74 Å². The topological polar surface area (TPSA) is 27.7 Å². The summed E-state index contributed by atoms with van der Waals surface area (Å²) in [5.74, 6) is 0. The molecule has 0 aromatic rings. The Morgan fingerprint density at radius 2 is 2.06 bits per heavy atom. The first-order valence-corrected chi connectivity index (χ1v) is 7.29. The summed E-state index contributed by atoms with van der Waals surface area (Å²) in [4.78, 5) is 4.92. The number of nitrogens with zero attached hydrogens (tertiary/aromatic N) is 2. The van der Waals surface area contributed by atoms with Crippen molar-refractivity contribution in [2.75, 3.05) is 54.0 Å². The lowest BCUT2D eigenvalue weighted by molar-refractivity contribution is 0.0237. The molecule has 0 radical (unpaired) electrons. The molecule has 0 aromatic heterocycles. The third-order valence-corrected chi connectivity index (χ3v) is 4.65. The second-order valence-corrected chi connectivity index (χ2v) is 6.22. The minimum absolute atomic E-state index is 0.450. The Morgan fingerprint density at radius 3 is 2.56 bits per heavy atom. The molecule has 1 aliphatic carbocycles. The van der Waals surface area contributed by atoms with Crippen molar-refractivity contribution in [3.05, 3.63) is 0 Å². The lowest BCUT2D eigenvalue weighted by Gasteiger charge is -2.49. The third kappa shape index (κ3) is 3.44. The molecule has 4 nitrogen and oxygen atoms in total. The van der Waals surface area contributed by atoms with Gasteiger partial charge in [0.1, 0.15) is 0 Å². The van der Waals surface area contributed by atoms with Gasteiger partial charge >= 0.3 is 0 Å². The summed E-state index contributed by atoms with van der Waals surface area (Å²) in [5.41, 5.74) is 0.450. The summed E-state index contributed by atoms with van der Waals surface area (Å²) in [7, 11) is 6.71. The molecule has 0 bridgehead atoms. The molecule has 1 heterocycles. The molecule has 0 aromatic carbocycles. The molecule has 0 amide bonds. The fourth-order valence-corrected chi connectivity index (χ4v) is 3.09. The second-order valence-electron chi connectivity index (χ2n) is 6.22. The average molecular weight is 255 g/mol. The Morgan fingerprint density at radius 1 is 1.28 bits per heavy atom. The summed E-state index contributed by atoms with van der Waals surface area (Å²) in [5, 5.41) is 3.53. The van der Waals surface area contributed by atoms with Gasteiger partial charge in [-0.25, -0.2) is 0 Å². The normalized spacial score (nSPS) is 27.5. The molecular formula is C14H29N3O. The SMILES string of the molecule is CN(CCC1COCCN1)CC1(N(C)C)CCC1. The highest BCUT2D eigenvalue weighted by atomic mass is 16.5. The molecular weight excluding hydrogens is 226 g/mol. The maximum atomic E-state index is 5.50. The van der Waals surface area contributed by atoms with Gasteiger partial charge in [0.05, 0.1) is 13.2 Å². The van der Waals surface area contributed by atoms with Crippen LogP contribution in [-0.4, -0.2) is 75.4 Å². The molecule has 1 atom stereocenters. The zero-order chi connectivity index (χ0) is 13.0. The first kappa shape index (κ1) is 14.3. The van der Waals surface area contributed by atoms with E-state index in [1.807, 2.05) is 0 Å². The highest BCUT2D eigenvalue weighted by molar-refractivity contribution is 4.97. The fourth-order valence-electron chi connectivity index (χ4n) is 3.09. The van der Waals surface area contributed by atoms with Crippen LogP contribution < -0.4 is 5.32 Å². The van der Waals surface area contributed by atoms with E-state index in [1.165, 1.54) is 32.2 Å². The van der Waals surface area contributed by atoms with Crippen LogP contribution in [0.25, 0.3) is 0 Å². The van der Waals surface area contributed by atoms with Crippen LogP contribution in [0, 0.1) is 0 Å². The molecule has 2 aliphatic rings. The zero-order valence-electron chi connectivity index (χ0n) is 12.2. The number of ether oxygens (including phenoxy) is 1. The third-order valence-electron chi connectivity index (χ3n) is 4.65. The van der Waals surface area contributed by atoms with Crippen molar-refractivity contribution in [3.8, 4) is 0 Å². The lowest BCUT2D eigenvalue weighted by atomic mass is 9.75. The van der Waals surface area contributed by atoms with Crippen LogP contribution in [-0.2, 0) is 4.74 Å². The number of rotatable bonds is 6. The molecule has 0 spiro atoms. The van der Waals surface area contributed by atoms with E-state index >= 15 is 0 Å². The van der Waals surface area contributed by atoms with Crippen molar-refractivity contribution in [1.29, 1.82) is 0 Å². The first-order valence-electron chi connectivity index (χ1n) is 7.29. The average Bonchev–Trinajstić information content (AvgIpc) is 2.32. The van der Waals surface area contributed by atoms with Crippen molar-refractivity contribution in [2.45, 2.75) is 37.3 Å². The number of likely N-dealkylation sites (N-methyl/N-ethyl adjacent to an activating group) is 2. The molecule has 1 saturated heterocycles. The van der Waals surface area contributed by atoms with E-state index in [1.54, 1.807) is 0 Å². The Labute approximate surface area is 112 Å². The van der Waals surface area contributed by atoms with Crippen LogP contribution in [0.1, 0.15) is 25.7 Å². The number of hydrogen-bond acceptors (Lipinski definition) is 4. The highest BCUT2D eigenvalue weighted by Crippen LogP contribution is 2.36. The Balaban J connectivity index is 1.69.